The number of hydrogen-bond acceptors (Lipinski definition) is 3. The molecule has 2 fully saturated rings. The molecular weight excluding hydrogens is 348 g/mol. The molecule has 0 N–H and O–H groups in total. The molecule has 0 unspecified atom stereocenters. The number of imidazole rings is 1. The molecule has 0 spiro atoms. The number of benzene rings is 1. The third-order valence-corrected chi connectivity index (χ3v) is 6.12. The highest BCUT2D eigenvalue weighted by Gasteiger charge is 2.29. The smallest absolute Gasteiger partial charge is 0.222 e. The maximum atomic E-state index is 12.8. The van der Waals surface area contributed by atoms with Gasteiger partial charge in [-0.15, -0.1) is 0 Å². The Morgan fingerprint density at radius 3 is 2.68 bits per heavy atom. The molecule has 28 heavy (non-hydrogen) atoms. The lowest BCUT2D eigenvalue weighted by Gasteiger charge is -2.33. The number of likely N-dealkylation sites (tertiary alicyclic amines) is 1. The van der Waals surface area contributed by atoms with Crippen LogP contribution in [-0.4, -0.2) is 47.5 Å². The summed E-state index contributed by atoms with van der Waals surface area (Å²) in [5.74, 6) is 2.68. The van der Waals surface area contributed by atoms with E-state index >= 15 is 0 Å². The van der Waals surface area contributed by atoms with Crippen LogP contribution in [0.2, 0.25) is 0 Å². The molecule has 5 heteroatoms. The van der Waals surface area contributed by atoms with Crippen molar-refractivity contribution in [2.24, 2.45) is 5.92 Å². The zero-order chi connectivity index (χ0) is 19.5. The molecular formula is C23H32N4O. The summed E-state index contributed by atoms with van der Waals surface area (Å²) in [6.45, 7) is 2.81. The van der Waals surface area contributed by atoms with E-state index in [1.807, 2.05) is 20.3 Å². The Balaban J connectivity index is 1.32. The van der Waals surface area contributed by atoms with E-state index in [0.717, 1.165) is 44.8 Å². The normalized spacial score (nSPS) is 19.6. The lowest BCUT2D eigenvalue weighted by atomic mass is 9.96. The Hall–Kier alpha value is -2.30. The van der Waals surface area contributed by atoms with E-state index in [0.29, 0.717) is 12.3 Å². The number of amides is 1. The first-order valence-corrected chi connectivity index (χ1v) is 10.6. The number of carbonyl (C=O) groups is 1. The quantitative estimate of drug-likeness (QED) is 0.735. The second-order valence-corrected chi connectivity index (χ2v) is 8.62. The van der Waals surface area contributed by atoms with Crippen LogP contribution in [-0.2, 0) is 17.8 Å². The minimum absolute atomic E-state index is 0.279. The number of piperidine rings is 1. The molecule has 2 aromatic rings. The molecule has 0 radical (unpaired) electrons. The van der Waals surface area contributed by atoms with Crippen molar-refractivity contribution in [2.75, 3.05) is 32.1 Å². The molecule has 1 aromatic carbocycles. The zero-order valence-electron chi connectivity index (χ0n) is 17.2. The molecule has 150 valence electrons. The Morgan fingerprint density at radius 2 is 1.96 bits per heavy atom. The molecule has 0 bridgehead atoms. The number of hydrogen-bond donors (Lipinski definition) is 0. The largest absolute Gasteiger partial charge is 0.378 e. The lowest BCUT2D eigenvalue weighted by Crippen LogP contribution is -2.39. The second kappa shape index (κ2) is 8.38. The van der Waals surface area contributed by atoms with Gasteiger partial charge in [0.1, 0.15) is 5.82 Å². The van der Waals surface area contributed by atoms with Crippen LogP contribution in [0.15, 0.2) is 36.7 Å². The Morgan fingerprint density at radius 1 is 1.18 bits per heavy atom. The zero-order valence-corrected chi connectivity index (χ0v) is 17.2. The molecule has 1 aliphatic carbocycles. The van der Waals surface area contributed by atoms with Gasteiger partial charge in [-0.1, -0.05) is 12.1 Å². The number of aromatic nitrogens is 2. The van der Waals surface area contributed by atoms with Gasteiger partial charge in [-0.3, -0.25) is 4.79 Å². The topological polar surface area (TPSA) is 41.4 Å². The van der Waals surface area contributed by atoms with Crippen molar-refractivity contribution in [3.05, 3.63) is 48.0 Å². The number of anilines is 1. The van der Waals surface area contributed by atoms with Crippen molar-refractivity contribution in [2.45, 2.75) is 51.0 Å². The van der Waals surface area contributed by atoms with Crippen molar-refractivity contribution in [1.29, 1.82) is 0 Å². The van der Waals surface area contributed by atoms with Gasteiger partial charge in [0.15, 0.2) is 0 Å². The van der Waals surface area contributed by atoms with Crippen molar-refractivity contribution < 1.29 is 4.79 Å². The minimum atomic E-state index is 0.279. The molecule has 5 nitrogen and oxygen atoms in total. The summed E-state index contributed by atoms with van der Waals surface area (Å²) in [5, 5.41) is 0. The van der Waals surface area contributed by atoms with Crippen molar-refractivity contribution in [1.82, 2.24) is 14.5 Å². The fraction of sp³-hybridized carbons (Fsp3) is 0.565. The number of rotatable bonds is 7. The first-order valence-electron chi connectivity index (χ1n) is 10.6. The number of nitrogens with zero attached hydrogens (tertiary/aromatic N) is 4. The van der Waals surface area contributed by atoms with Gasteiger partial charge in [-0.25, -0.2) is 4.98 Å². The van der Waals surface area contributed by atoms with Crippen LogP contribution in [0.25, 0.3) is 0 Å². The summed E-state index contributed by atoms with van der Waals surface area (Å²) >= 11 is 0. The van der Waals surface area contributed by atoms with Crippen LogP contribution in [0.1, 0.15) is 49.4 Å². The summed E-state index contributed by atoms with van der Waals surface area (Å²) in [6, 6.07) is 8.51. The van der Waals surface area contributed by atoms with Gasteiger partial charge < -0.3 is 14.4 Å². The van der Waals surface area contributed by atoms with Crippen LogP contribution in [0.5, 0.6) is 0 Å². The summed E-state index contributed by atoms with van der Waals surface area (Å²) < 4.78 is 2.34. The summed E-state index contributed by atoms with van der Waals surface area (Å²) in [7, 11) is 4.09. The van der Waals surface area contributed by atoms with Gasteiger partial charge in [0.05, 0.1) is 0 Å². The van der Waals surface area contributed by atoms with Crippen molar-refractivity contribution >= 4 is 11.6 Å². The van der Waals surface area contributed by atoms with E-state index in [4.69, 9.17) is 0 Å². The maximum absolute atomic E-state index is 12.8. The van der Waals surface area contributed by atoms with Gasteiger partial charge in [0, 0.05) is 64.1 Å². The average Bonchev–Trinajstić information content (AvgIpc) is 3.41. The molecule has 1 atom stereocenters. The highest BCUT2D eigenvalue weighted by Crippen LogP contribution is 2.33. The van der Waals surface area contributed by atoms with Gasteiger partial charge in [-0.2, -0.15) is 0 Å². The van der Waals surface area contributed by atoms with E-state index in [9.17, 15) is 4.79 Å². The van der Waals surface area contributed by atoms with Crippen LogP contribution in [0.4, 0.5) is 5.69 Å². The molecule has 1 amide bonds. The second-order valence-electron chi connectivity index (χ2n) is 8.62. The molecule has 1 aliphatic heterocycles. The van der Waals surface area contributed by atoms with Crippen LogP contribution < -0.4 is 4.90 Å². The highest BCUT2D eigenvalue weighted by molar-refractivity contribution is 5.76. The van der Waals surface area contributed by atoms with Crippen LogP contribution in [0, 0.1) is 5.92 Å². The minimum Gasteiger partial charge on any atom is -0.378 e. The van der Waals surface area contributed by atoms with Gasteiger partial charge >= 0.3 is 0 Å². The molecule has 1 aromatic heterocycles. The van der Waals surface area contributed by atoms with Gasteiger partial charge in [0.25, 0.3) is 0 Å². The summed E-state index contributed by atoms with van der Waals surface area (Å²) in [4.78, 5) is 21.6. The molecule has 2 aliphatic rings. The van der Waals surface area contributed by atoms with E-state index in [1.54, 1.807) is 0 Å². The predicted octanol–water partition coefficient (Wildman–Crippen LogP) is 3.70. The standard InChI is InChI=1S/C23H32N4O/c1-25(2)21-10-7-18(8-11-21)9-12-22(28)26-14-3-4-20(17-26)23-24-13-15-27(23)16-19-5-6-19/h7-8,10-11,13,15,19-20H,3-6,9,12,14,16-17H2,1-2H3/t20-/m0/s1. The first-order chi connectivity index (χ1) is 13.6. The third-order valence-electron chi connectivity index (χ3n) is 6.12. The Bertz CT molecular complexity index is 791. The third kappa shape index (κ3) is 4.57. The molecule has 4 rings (SSSR count). The van der Waals surface area contributed by atoms with Crippen molar-refractivity contribution in [3.63, 3.8) is 0 Å². The fourth-order valence-corrected chi connectivity index (χ4v) is 4.20. The van der Waals surface area contributed by atoms with Gasteiger partial charge in [-0.05, 0) is 55.7 Å². The van der Waals surface area contributed by atoms with E-state index in [2.05, 4.69) is 49.8 Å². The summed E-state index contributed by atoms with van der Waals surface area (Å²) in [5.41, 5.74) is 2.42. The lowest BCUT2D eigenvalue weighted by molar-refractivity contribution is -0.132. The number of aryl methyl sites for hydroxylation is 1. The Kier molecular flexibility index (Phi) is 5.69. The predicted molar refractivity (Wildman–Crippen MR) is 113 cm³/mol. The van der Waals surface area contributed by atoms with Gasteiger partial charge in [0.2, 0.25) is 5.91 Å². The monoisotopic (exact) mass is 380 g/mol. The highest BCUT2D eigenvalue weighted by atomic mass is 16.2. The fourth-order valence-electron chi connectivity index (χ4n) is 4.20. The molecule has 2 heterocycles. The van der Waals surface area contributed by atoms with E-state index in [1.165, 1.54) is 29.9 Å². The van der Waals surface area contributed by atoms with Crippen LogP contribution >= 0.6 is 0 Å². The first kappa shape index (κ1) is 19.0. The SMILES string of the molecule is CN(C)c1ccc(CCC(=O)N2CCC[C@H](c3nccn3CC3CC3)C2)cc1. The maximum Gasteiger partial charge on any atom is 0.222 e. The van der Waals surface area contributed by atoms with E-state index in [-0.39, 0.29) is 5.91 Å². The molecule has 1 saturated heterocycles. The molecule has 1 saturated carbocycles. The average molecular weight is 381 g/mol. The van der Waals surface area contributed by atoms with Crippen molar-refractivity contribution in [3.8, 4) is 0 Å². The van der Waals surface area contributed by atoms with E-state index < -0.39 is 0 Å². The van der Waals surface area contributed by atoms with Crippen LogP contribution in [0.3, 0.4) is 0 Å². The summed E-state index contributed by atoms with van der Waals surface area (Å²) in [6.07, 6.45) is 10.3. The number of carbonyl (C=O) groups excluding carboxylic acids is 1. The Labute approximate surface area is 168 Å².